The summed E-state index contributed by atoms with van der Waals surface area (Å²) in [5.74, 6) is -0.335. The lowest BCUT2D eigenvalue weighted by molar-refractivity contribution is -0.137. The number of sulfonamides is 1. The molecule has 0 bridgehead atoms. The molecule has 1 aliphatic rings. The first-order valence-corrected chi connectivity index (χ1v) is 11.8. The highest BCUT2D eigenvalue weighted by atomic mass is 32.2. The lowest BCUT2D eigenvalue weighted by Gasteiger charge is -2.35. The van der Waals surface area contributed by atoms with E-state index in [2.05, 4.69) is 5.32 Å². The molecule has 3 rings (SSSR count). The number of nitrogens with one attached hydrogen (secondary N) is 1. The van der Waals surface area contributed by atoms with Crippen LogP contribution in [0.15, 0.2) is 41.3 Å². The van der Waals surface area contributed by atoms with Crippen molar-refractivity contribution in [3.8, 4) is 0 Å². The summed E-state index contributed by atoms with van der Waals surface area (Å²) in [6, 6.07) is 7.67. The first kappa shape index (κ1) is 24.2. The molecule has 1 fully saturated rings. The standard InChI is InChI=1S/C22H26F3N3O3S/c1-14-11-18(32(26,30)31)12-19(15(14)2)27-21(29)13-28-10-4-3-5-20(28)16-6-8-17(9-7-16)22(23,24)25/h6-9,11-12,20H,3-5,10,13H2,1-2H3,(H,27,29)(H2,26,30,31). The lowest BCUT2D eigenvalue weighted by Crippen LogP contribution is -2.39. The Hall–Kier alpha value is -2.43. The maximum absolute atomic E-state index is 12.9. The highest BCUT2D eigenvalue weighted by molar-refractivity contribution is 7.89. The number of aryl methyl sites for hydroxylation is 1. The zero-order chi connectivity index (χ0) is 23.7. The molecule has 32 heavy (non-hydrogen) atoms. The van der Waals surface area contributed by atoms with E-state index in [4.69, 9.17) is 5.14 Å². The summed E-state index contributed by atoms with van der Waals surface area (Å²) in [4.78, 5) is 14.6. The molecule has 1 amide bonds. The number of alkyl halides is 3. The van der Waals surface area contributed by atoms with Crippen LogP contribution in [-0.4, -0.2) is 32.3 Å². The van der Waals surface area contributed by atoms with E-state index in [-0.39, 0.29) is 23.4 Å². The van der Waals surface area contributed by atoms with Crippen LogP contribution in [0.1, 0.15) is 47.6 Å². The van der Waals surface area contributed by atoms with E-state index in [9.17, 15) is 26.4 Å². The Morgan fingerprint density at radius 1 is 1.16 bits per heavy atom. The number of primary sulfonamides is 1. The Bertz CT molecular complexity index is 1100. The van der Waals surface area contributed by atoms with Gasteiger partial charge in [0.25, 0.3) is 0 Å². The van der Waals surface area contributed by atoms with Crippen LogP contribution >= 0.6 is 0 Å². The van der Waals surface area contributed by atoms with E-state index in [0.29, 0.717) is 17.8 Å². The van der Waals surface area contributed by atoms with Crippen molar-refractivity contribution in [1.82, 2.24) is 4.90 Å². The number of anilines is 1. The molecule has 174 valence electrons. The van der Waals surface area contributed by atoms with E-state index < -0.39 is 21.8 Å². The van der Waals surface area contributed by atoms with Crippen molar-refractivity contribution >= 4 is 21.6 Å². The maximum Gasteiger partial charge on any atom is 0.416 e. The van der Waals surface area contributed by atoms with Crippen LogP contribution in [0, 0.1) is 13.8 Å². The number of hydrogen-bond acceptors (Lipinski definition) is 4. The number of carbonyl (C=O) groups is 1. The smallest absolute Gasteiger partial charge is 0.325 e. The van der Waals surface area contributed by atoms with Gasteiger partial charge in [-0.15, -0.1) is 0 Å². The molecule has 1 aliphatic heterocycles. The number of nitrogens with two attached hydrogens (primary N) is 1. The van der Waals surface area contributed by atoms with Crippen LogP contribution in [0.25, 0.3) is 0 Å². The minimum absolute atomic E-state index is 0.0315. The van der Waals surface area contributed by atoms with Gasteiger partial charge in [-0.25, -0.2) is 13.6 Å². The molecular weight excluding hydrogens is 443 g/mol. The van der Waals surface area contributed by atoms with Crippen LogP contribution in [0.2, 0.25) is 0 Å². The Morgan fingerprint density at radius 2 is 1.81 bits per heavy atom. The van der Waals surface area contributed by atoms with Gasteiger partial charge in [0.1, 0.15) is 0 Å². The summed E-state index contributed by atoms with van der Waals surface area (Å²) in [5, 5.41) is 7.99. The van der Waals surface area contributed by atoms with Gasteiger partial charge >= 0.3 is 6.18 Å². The number of hydrogen-bond donors (Lipinski definition) is 2. The van der Waals surface area contributed by atoms with Gasteiger partial charge in [0.2, 0.25) is 15.9 Å². The molecule has 0 aliphatic carbocycles. The number of carbonyl (C=O) groups excluding carboxylic acids is 1. The number of amides is 1. The zero-order valence-electron chi connectivity index (χ0n) is 17.9. The third-order valence-electron chi connectivity index (χ3n) is 5.83. The summed E-state index contributed by atoms with van der Waals surface area (Å²) >= 11 is 0. The number of halogens is 3. The van der Waals surface area contributed by atoms with Crippen molar-refractivity contribution in [2.24, 2.45) is 5.14 Å². The van der Waals surface area contributed by atoms with Gasteiger partial charge in [-0.2, -0.15) is 13.2 Å². The normalized spacial score (nSPS) is 17.9. The van der Waals surface area contributed by atoms with Gasteiger partial charge in [-0.3, -0.25) is 9.69 Å². The average Bonchev–Trinajstić information content (AvgIpc) is 2.70. The molecule has 1 atom stereocenters. The maximum atomic E-state index is 12.9. The SMILES string of the molecule is Cc1cc(S(N)(=O)=O)cc(NC(=O)CN2CCCCC2c2ccc(C(F)(F)F)cc2)c1C. The van der Waals surface area contributed by atoms with Crippen molar-refractivity contribution in [3.05, 3.63) is 58.7 Å². The van der Waals surface area contributed by atoms with Crippen molar-refractivity contribution in [3.63, 3.8) is 0 Å². The van der Waals surface area contributed by atoms with Crippen LogP contribution in [0.4, 0.5) is 18.9 Å². The minimum Gasteiger partial charge on any atom is -0.325 e. The number of likely N-dealkylation sites (tertiary alicyclic amines) is 1. The van der Waals surface area contributed by atoms with Crippen molar-refractivity contribution < 1.29 is 26.4 Å². The van der Waals surface area contributed by atoms with Gasteiger partial charge in [0.05, 0.1) is 17.0 Å². The molecule has 1 heterocycles. The fourth-order valence-electron chi connectivity index (χ4n) is 3.95. The number of rotatable bonds is 5. The first-order chi connectivity index (χ1) is 14.9. The summed E-state index contributed by atoms with van der Waals surface area (Å²) in [7, 11) is -3.93. The van der Waals surface area contributed by atoms with E-state index in [1.165, 1.54) is 24.3 Å². The summed E-state index contributed by atoms with van der Waals surface area (Å²) in [6.45, 7) is 4.16. The Kier molecular flexibility index (Phi) is 6.97. The van der Waals surface area contributed by atoms with Gasteiger partial charge in [-0.05, 0) is 74.2 Å². The Morgan fingerprint density at radius 3 is 2.41 bits per heavy atom. The van der Waals surface area contributed by atoms with E-state index in [0.717, 1.165) is 42.5 Å². The van der Waals surface area contributed by atoms with Crippen LogP contribution < -0.4 is 10.5 Å². The van der Waals surface area contributed by atoms with Crippen LogP contribution in [-0.2, 0) is 21.0 Å². The highest BCUT2D eigenvalue weighted by Gasteiger charge is 2.31. The van der Waals surface area contributed by atoms with E-state index in [1.807, 2.05) is 4.90 Å². The summed E-state index contributed by atoms with van der Waals surface area (Å²) < 4.78 is 62.1. The van der Waals surface area contributed by atoms with Crippen molar-refractivity contribution in [2.75, 3.05) is 18.4 Å². The Labute approximate surface area is 185 Å². The second-order valence-electron chi connectivity index (χ2n) is 8.11. The molecular formula is C22H26F3N3O3S. The zero-order valence-corrected chi connectivity index (χ0v) is 18.7. The molecule has 2 aromatic rings. The minimum atomic E-state index is -4.40. The van der Waals surface area contributed by atoms with Crippen LogP contribution in [0.5, 0.6) is 0 Å². The Balaban J connectivity index is 1.77. The van der Waals surface area contributed by atoms with Crippen molar-refractivity contribution in [2.45, 2.75) is 50.2 Å². The predicted octanol–water partition coefficient (Wildman–Crippen LogP) is 4.14. The number of benzene rings is 2. The summed E-state index contributed by atoms with van der Waals surface area (Å²) in [5.41, 5.74) is 1.79. The average molecular weight is 470 g/mol. The van der Waals surface area contributed by atoms with Gasteiger partial charge in [0, 0.05) is 11.7 Å². The second-order valence-corrected chi connectivity index (χ2v) is 9.67. The quantitative estimate of drug-likeness (QED) is 0.689. The fraction of sp³-hybridized carbons (Fsp3) is 0.409. The molecule has 0 radical (unpaired) electrons. The number of nitrogens with zero attached hydrogens (tertiary/aromatic N) is 1. The van der Waals surface area contributed by atoms with Gasteiger partial charge in [0.15, 0.2) is 0 Å². The van der Waals surface area contributed by atoms with E-state index in [1.54, 1.807) is 13.8 Å². The highest BCUT2D eigenvalue weighted by Crippen LogP contribution is 2.34. The largest absolute Gasteiger partial charge is 0.416 e. The molecule has 0 saturated carbocycles. The first-order valence-electron chi connectivity index (χ1n) is 10.2. The van der Waals surface area contributed by atoms with Gasteiger partial charge in [-0.1, -0.05) is 18.6 Å². The topological polar surface area (TPSA) is 92.5 Å². The second kappa shape index (κ2) is 9.21. The fourth-order valence-corrected chi connectivity index (χ4v) is 4.57. The monoisotopic (exact) mass is 469 g/mol. The third-order valence-corrected chi connectivity index (χ3v) is 6.72. The predicted molar refractivity (Wildman–Crippen MR) is 116 cm³/mol. The molecule has 10 heteroatoms. The molecule has 2 aromatic carbocycles. The van der Waals surface area contributed by atoms with Gasteiger partial charge < -0.3 is 5.32 Å². The molecule has 0 spiro atoms. The van der Waals surface area contributed by atoms with Crippen molar-refractivity contribution in [1.29, 1.82) is 0 Å². The summed E-state index contributed by atoms with van der Waals surface area (Å²) in [6.07, 6.45) is -1.87. The molecule has 1 saturated heterocycles. The third kappa shape index (κ3) is 5.67. The molecule has 1 unspecified atom stereocenters. The molecule has 3 N–H and O–H groups in total. The molecule has 6 nitrogen and oxygen atoms in total. The number of piperidine rings is 1. The van der Waals surface area contributed by atoms with E-state index >= 15 is 0 Å². The lowest BCUT2D eigenvalue weighted by atomic mass is 9.94. The molecule has 0 aromatic heterocycles. The van der Waals surface area contributed by atoms with Crippen LogP contribution in [0.3, 0.4) is 0 Å².